The number of hydrogen-bond acceptors (Lipinski definition) is 6. The summed E-state index contributed by atoms with van der Waals surface area (Å²) in [5.74, 6) is 0.642. The van der Waals surface area contributed by atoms with E-state index in [1.165, 1.54) is 12.2 Å². The standard InChI is InChI=1S/C18H30N4O3.C4H10O.C2H6/c1-6-16(23)7-8-17(24)19-11-15-12-22(21-20-15)13-18(4,5)25-10-9-14(2)3;1-4(2)3-5;1-2/h7-8,12,14H,6,9-11,13H2,1-5H3,(H,19,24);4-5H,3H2,1-2H3;1-2H3/b8-7-;;. The molecule has 1 rings (SSSR count). The predicted molar refractivity (Wildman–Crippen MR) is 129 cm³/mol. The maximum atomic E-state index is 11.6. The summed E-state index contributed by atoms with van der Waals surface area (Å²) in [4.78, 5) is 22.8. The van der Waals surface area contributed by atoms with Gasteiger partial charge in [0.05, 0.1) is 24.9 Å². The van der Waals surface area contributed by atoms with Crippen LogP contribution in [0.5, 0.6) is 0 Å². The van der Waals surface area contributed by atoms with Crippen molar-refractivity contribution in [2.24, 2.45) is 11.8 Å². The summed E-state index contributed by atoms with van der Waals surface area (Å²) in [6, 6.07) is 0. The number of nitrogens with zero attached hydrogens (tertiary/aromatic N) is 3. The van der Waals surface area contributed by atoms with Gasteiger partial charge in [-0.2, -0.15) is 0 Å². The van der Waals surface area contributed by atoms with E-state index in [-0.39, 0.29) is 23.8 Å². The lowest BCUT2D eigenvalue weighted by Crippen LogP contribution is -2.31. The van der Waals surface area contributed by atoms with Crippen molar-refractivity contribution >= 4 is 11.7 Å². The summed E-state index contributed by atoms with van der Waals surface area (Å²) in [6.45, 7) is 19.9. The zero-order chi connectivity index (χ0) is 25.2. The molecule has 0 radical (unpaired) electrons. The molecule has 0 unspecified atom stereocenters. The molecule has 32 heavy (non-hydrogen) atoms. The minimum atomic E-state index is -0.341. The number of aliphatic hydroxyl groups is 1. The molecule has 8 heteroatoms. The van der Waals surface area contributed by atoms with Crippen molar-refractivity contribution in [3.8, 4) is 0 Å². The van der Waals surface area contributed by atoms with Gasteiger partial charge < -0.3 is 15.2 Å². The second-order valence-electron chi connectivity index (χ2n) is 8.65. The summed E-state index contributed by atoms with van der Waals surface area (Å²) < 4.78 is 7.63. The molecule has 0 aromatic carbocycles. The number of hydrogen-bond donors (Lipinski definition) is 2. The van der Waals surface area contributed by atoms with Crippen LogP contribution in [0.25, 0.3) is 0 Å². The highest BCUT2D eigenvalue weighted by molar-refractivity contribution is 5.97. The Morgan fingerprint density at radius 3 is 2.28 bits per heavy atom. The van der Waals surface area contributed by atoms with E-state index in [2.05, 4.69) is 29.5 Å². The molecule has 1 amide bonds. The molecule has 0 aliphatic heterocycles. The van der Waals surface area contributed by atoms with Crippen molar-refractivity contribution in [1.82, 2.24) is 20.3 Å². The van der Waals surface area contributed by atoms with Crippen LogP contribution in [0.3, 0.4) is 0 Å². The number of ether oxygens (including phenoxy) is 1. The molecule has 0 fully saturated rings. The van der Waals surface area contributed by atoms with Gasteiger partial charge in [-0.15, -0.1) is 5.10 Å². The average Bonchev–Trinajstić information content (AvgIpc) is 3.18. The first-order valence-electron chi connectivity index (χ1n) is 11.6. The Bertz CT molecular complexity index is 652. The fourth-order valence-electron chi connectivity index (χ4n) is 2.03. The first-order valence-corrected chi connectivity index (χ1v) is 11.6. The Kier molecular flexibility index (Phi) is 18.6. The average molecular weight is 455 g/mol. The van der Waals surface area contributed by atoms with Gasteiger partial charge in [-0.1, -0.05) is 53.7 Å². The first-order chi connectivity index (χ1) is 15.0. The van der Waals surface area contributed by atoms with Crippen LogP contribution >= 0.6 is 0 Å². The van der Waals surface area contributed by atoms with Crippen molar-refractivity contribution in [3.63, 3.8) is 0 Å². The lowest BCUT2D eigenvalue weighted by molar-refractivity contribution is -0.118. The molecule has 0 aliphatic rings. The highest BCUT2D eigenvalue weighted by Gasteiger charge is 2.20. The fourth-order valence-corrected chi connectivity index (χ4v) is 2.03. The van der Waals surface area contributed by atoms with Gasteiger partial charge in [-0.3, -0.25) is 9.59 Å². The third-order valence-corrected chi connectivity index (χ3v) is 3.89. The van der Waals surface area contributed by atoms with E-state index in [0.717, 1.165) is 6.42 Å². The van der Waals surface area contributed by atoms with E-state index in [0.29, 0.717) is 43.7 Å². The Balaban J connectivity index is 0. The lowest BCUT2D eigenvalue weighted by atomic mass is 10.1. The summed E-state index contributed by atoms with van der Waals surface area (Å²) in [7, 11) is 0. The molecule has 0 spiro atoms. The SMILES string of the molecule is CC.CC(C)CO.CCC(=O)/C=C\C(=O)NCc1cn(CC(C)(C)OCCC(C)C)nn1. The lowest BCUT2D eigenvalue weighted by Gasteiger charge is -2.25. The largest absolute Gasteiger partial charge is 0.396 e. The highest BCUT2D eigenvalue weighted by atomic mass is 16.5. The maximum absolute atomic E-state index is 11.6. The van der Waals surface area contributed by atoms with Gasteiger partial charge in [0.15, 0.2) is 5.78 Å². The van der Waals surface area contributed by atoms with Crippen LogP contribution in [0.15, 0.2) is 18.3 Å². The number of carbonyl (C=O) groups excluding carboxylic acids is 2. The van der Waals surface area contributed by atoms with Crippen molar-refractivity contribution in [3.05, 3.63) is 24.0 Å². The Morgan fingerprint density at radius 2 is 1.78 bits per heavy atom. The van der Waals surface area contributed by atoms with Crippen molar-refractivity contribution < 1.29 is 19.4 Å². The van der Waals surface area contributed by atoms with E-state index >= 15 is 0 Å². The number of allylic oxidation sites excluding steroid dienone is 1. The van der Waals surface area contributed by atoms with Gasteiger partial charge in [-0.25, -0.2) is 4.68 Å². The smallest absolute Gasteiger partial charge is 0.244 e. The number of carbonyl (C=O) groups is 2. The van der Waals surface area contributed by atoms with Crippen LogP contribution in [0, 0.1) is 11.8 Å². The number of amides is 1. The van der Waals surface area contributed by atoms with Crippen molar-refractivity contribution in [2.45, 2.75) is 93.8 Å². The van der Waals surface area contributed by atoms with E-state index in [4.69, 9.17) is 9.84 Å². The van der Waals surface area contributed by atoms with Gasteiger partial charge in [0, 0.05) is 25.7 Å². The summed E-state index contributed by atoms with van der Waals surface area (Å²) in [6.07, 6.45) is 5.71. The summed E-state index contributed by atoms with van der Waals surface area (Å²) >= 11 is 0. The van der Waals surface area contributed by atoms with Gasteiger partial charge in [0.2, 0.25) is 5.91 Å². The first kappa shape index (κ1) is 32.1. The highest BCUT2D eigenvalue weighted by Crippen LogP contribution is 2.14. The van der Waals surface area contributed by atoms with Crippen LogP contribution in [0.2, 0.25) is 0 Å². The Morgan fingerprint density at radius 1 is 1.19 bits per heavy atom. The monoisotopic (exact) mass is 454 g/mol. The molecule has 1 heterocycles. The predicted octanol–water partition coefficient (Wildman–Crippen LogP) is 3.93. The van der Waals surface area contributed by atoms with Crippen LogP contribution in [0.4, 0.5) is 0 Å². The zero-order valence-corrected chi connectivity index (χ0v) is 21.6. The molecule has 2 N–H and O–H groups in total. The van der Waals surface area contributed by atoms with Crippen LogP contribution in [-0.2, 0) is 27.4 Å². The Hall–Kier alpha value is -2.06. The molecule has 0 aliphatic carbocycles. The second kappa shape index (κ2) is 18.5. The molecular weight excluding hydrogens is 408 g/mol. The topological polar surface area (TPSA) is 106 Å². The van der Waals surface area contributed by atoms with Crippen LogP contribution in [0.1, 0.15) is 80.8 Å². The molecule has 8 nitrogen and oxygen atoms in total. The maximum Gasteiger partial charge on any atom is 0.244 e. The zero-order valence-electron chi connectivity index (χ0n) is 21.6. The number of ketones is 1. The number of aliphatic hydroxyl groups excluding tert-OH is 1. The Labute approximate surface area is 194 Å². The molecule has 0 atom stereocenters. The molecule has 1 aromatic rings. The normalized spacial score (nSPS) is 11.1. The van der Waals surface area contributed by atoms with Crippen molar-refractivity contribution in [1.29, 1.82) is 0 Å². The van der Waals surface area contributed by atoms with E-state index < -0.39 is 0 Å². The van der Waals surface area contributed by atoms with Gasteiger partial charge in [0.25, 0.3) is 0 Å². The van der Waals surface area contributed by atoms with Gasteiger partial charge >= 0.3 is 0 Å². The molecule has 0 bridgehead atoms. The molecular formula is C24H46N4O4. The van der Waals surface area contributed by atoms with E-state index in [1.54, 1.807) is 17.8 Å². The number of rotatable bonds is 12. The van der Waals surface area contributed by atoms with E-state index in [9.17, 15) is 9.59 Å². The van der Waals surface area contributed by atoms with Gasteiger partial charge in [-0.05, 0) is 38.2 Å². The van der Waals surface area contributed by atoms with Crippen LogP contribution < -0.4 is 5.32 Å². The van der Waals surface area contributed by atoms with Gasteiger partial charge in [0.1, 0.15) is 5.69 Å². The number of nitrogens with one attached hydrogen (secondary N) is 1. The van der Waals surface area contributed by atoms with Crippen LogP contribution in [-0.4, -0.2) is 50.6 Å². The molecule has 1 aromatic heterocycles. The number of aromatic nitrogens is 3. The quantitative estimate of drug-likeness (QED) is 0.464. The minimum Gasteiger partial charge on any atom is -0.396 e. The molecule has 186 valence electrons. The van der Waals surface area contributed by atoms with E-state index in [1.807, 2.05) is 41.5 Å². The van der Waals surface area contributed by atoms with Crippen molar-refractivity contribution in [2.75, 3.05) is 13.2 Å². The molecule has 0 saturated carbocycles. The second-order valence-corrected chi connectivity index (χ2v) is 8.65. The molecule has 0 saturated heterocycles. The minimum absolute atomic E-state index is 0.0826. The summed E-state index contributed by atoms with van der Waals surface area (Å²) in [5.41, 5.74) is 0.313. The third kappa shape index (κ3) is 18.7. The third-order valence-electron chi connectivity index (χ3n) is 3.89. The fraction of sp³-hybridized carbons (Fsp3) is 0.750. The summed E-state index contributed by atoms with van der Waals surface area (Å²) in [5, 5.41) is 18.9.